The minimum atomic E-state index is 0.384. The fourth-order valence-electron chi connectivity index (χ4n) is 6.02. The van der Waals surface area contributed by atoms with Crippen LogP contribution in [-0.2, 0) is 13.1 Å². The number of rotatable bonds is 4. The Kier molecular flexibility index (Phi) is 6.25. The van der Waals surface area contributed by atoms with Crippen molar-refractivity contribution in [3.05, 3.63) is 64.8 Å². The van der Waals surface area contributed by atoms with Gasteiger partial charge in [-0.15, -0.1) is 10.2 Å². The molecule has 2 fully saturated rings. The van der Waals surface area contributed by atoms with E-state index in [-0.39, 0.29) is 0 Å². The topological polar surface area (TPSA) is 53.3 Å². The van der Waals surface area contributed by atoms with Crippen molar-refractivity contribution in [1.29, 1.82) is 0 Å². The number of halogens is 1. The molecule has 7 nitrogen and oxygen atoms in total. The first kappa shape index (κ1) is 23.0. The van der Waals surface area contributed by atoms with E-state index < -0.39 is 0 Å². The highest BCUT2D eigenvalue weighted by Crippen LogP contribution is 2.35. The van der Waals surface area contributed by atoms with Crippen molar-refractivity contribution < 1.29 is 0 Å². The molecule has 1 atom stereocenters. The summed E-state index contributed by atoms with van der Waals surface area (Å²) in [6.07, 6.45) is 5.17. The van der Waals surface area contributed by atoms with E-state index in [2.05, 4.69) is 62.4 Å². The Hall–Kier alpha value is -2.48. The second-order valence-electron chi connectivity index (χ2n) is 10.5. The summed E-state index contributed by atoms with van der Waals surface area (Å²) in [5, 5.41) is 10.4. The fraction of sp³-hybridized carbons (Fsp3) is 0.519. The van der Waals surface area contributed by atoms with Crippen LogP contribution in [0.2, 0.25) is 5.02 Å². The number of piperidine rings is 1. The Morgan fingerprint density at radius 2 is 1.83 bits per heavy atom. The van der Waals surface area contributed by atoms with Gasteiger partial charge < -0.3 is 4.90 Å². The summed E-state index contributed by atoms with van der Waals surface area (Å²) < 4.78 is 2.35. The number of hydrogen-bond acceptors (Lipinski definition) is 6. The van der Waals surface area contributed by atoms with Crippen LogP contribution in [0, 0.1) is 0 Å². The van der Waals surface area contributed by atoms with Crippen molar-refractivity contribution in [2.45, 2.75) is 64.2 Å². The predicted octanol–water partition coefficient (Wildman–Crippen LogP) is 4.50. The Bertz CT molecular complexity index is 1170. The highest BCUT2D eigenvalue weighted by molar-refractivity contribution is 6.30. The molecule has 3 aliphatic rings. The molecule has 35 heavy (non-hydrogen) atoms. The number of fused-ring (bicyclic) bond motifs is 3. The van der Waals surface area contributed by atoms with Gasteiger partial charge in [-0.2, -0.15) is 0 Å². The number of hydrogen-bond donors (Lipinski definition) is 0. The molecular weight excluding hydrogens is 458 g/mol. The van der Waals surface area contributed by atoms with Crippen molar-refractivity contribution in [3.63, 3.8) is 0 Å². The predicted molar refractivity (Wildman–Crippen MR) is 139 cm³/mol. The monoisotopic (exact) mass is 491 g/mol. The highest BCUT2D eigenvalue weighted by atomic mass is 35.5. The van der Waals surface area contributed by atoms with E-state index in [1.54, 1.807) is 0 Å². The highest BCUT2D eigenvalue weighted by Gasteiger charge is 2.34. The fourth-order valence-corrected chi connectivity index (χ4v) is 6.21. The Labute approximate surface area is 212 Å². The van der Waals surface area contributed by atoms with Gasteiger partial charge in [0, 0.05) is 61.9 Å². The summed E-state index contributed by atoms with van der Waals surface area (Å²) >= 11 is 6.49. The maximum atomic E-state index is 6.49. The molecule has 6 rings (SSSR count). The summed E-state index contributed by atoms with van der Waals surface area (Å²) in [5.41, 5.74) is 2.46. The average Bonchev–Trinajstić information content (AvgIpc) is 3.50. The number of pyridine rings is 1. The standard InChI is InChI=1S/C27H34ClN7/c1-19(2)33-14-10-23(17-33)34-16-21-15-22(28)6-7-24(21)35-26(18-34)30-31-27(35)20-8-12-32(13-9-20)25-5-3-4-11-29-25/h3-7,11,15,19-20,23H,8-10,12-14,16-18H2,1-2H3. The number of benzene rings is 1. The summed E-state index contributed by atoms with van der Waals surface area (Å²) in [5.74, 6) is 3.60. The van der Waals surface area contributed by atoms with Crippen molar-refractivity contribution in [1.82, 2.24) is 29.5 Å². The van der Waals surface area contributed by atoms with E-state index in [1.807, 2.05) is 18.3 Å². The van der Waals surface area contributed by atoms with Crippen molar-refractivity contribution in [2.24, 2.45) is 0 Å². The van der Waals surface area contributed by atoms with Gasteiger partial charge in [-0.05, 0) is 69.0 Å². The molecule has 0 radical (unpaired) electrons. The van der Waals surface area contributed by atoms with E-state index in [4.69, 9.17) is 21.8 Å². The van der Waals surface area contributed by atoms with Crippen LogP contribution in [0.4, 0.5) is 5.82 Å². The third-order valence-electron chi connectivity index (χ3n) is 8.03. The van der Waals surface area contributed by atoms with E-state index in [0.29, 0.717) is 18.0 Å². The molecule has 2 aromatic heterocycles. The second-order valence-corrected chi connectivity index (χ2v) is 10.9. The zero-order chi connectivity index (χ0) is 23.9. The normalized spacial score (nSPS) is 21.8. The van der Waals surface area contributed by atoms with Gasteiger partial charge in [-0.1, -0.05) is 17.7 Å². The lowest BCUT2D eigenvalue weighted by Gasteiger charge is -2.32. The molecule has 5 heterocycles. The summed E-state index contributed by atoms with van der Waals surface area (Å²) in [6.45, 7) is 10.5. The van der Waals surface area contributed by atoms with Gasteiger partial charge in [-0.25, -0.2) is 4.98 Å². The van der Waals surface area contributed by atoms with Crippen LogP contribution in [0.5, 0.6) is 0 Å². The van der Waals surface area contributed by atoms with E-state index >= 15 is 0 Å². The molecule has 184 valence electrons. The summed E-state index contributed by atoms with van der Waals surface area (Å²) in [4.78, 5) is 12.1. The second kappa shape index (κ2) is 9.52. The van der Waals surface area contributed by atoms with Gasteiger partial charge in [0.15, 0.2) is 5.82 Å². The molecule has 0 spiro atoms. The Morgan fingerprint density at radius 1 is 0.971 bits per heavy atom. The number of aromatic nitrogens is 4. The lowest BCUT2D eigenvalue weighted by Crippen LogP contribution is -2.38. The molecule has 3 aromatic rings. The van der Waals surface area contributed by atoms with Gasteiger partial charge in [0.2, 0.25) is 0 Å². The van der Waals surface area contributed by atoms with E-state index in [9.17, 15) is 0 Å². The smallest absolute Gasteiger partial charge is 0.151 e. The third kappa shape index (κ3) is 4.46. The molecule has 2 saturated heterocycles. The van der Waals surface area contributed by atoms with Crippen LogP contribution in [0.1, 0.15) is 56.2 Å². The molecule has 0 aliphatic carbocycles. The zero-order valence-corrected chi connectivity index (χ0v) is 21.4. The minimum Gasteiger partial charge on any atom is -0.357 e. The first-order valence-corrected chi connectivity index (χ1v) is 13.3. The minimum absolute atomic E-state index is 0.384. The maximum Gasteiger partial charge on any atom is 0.151 e. The molecule has 0 amide bonds. The Morgan fingerprint density at radius 3 is 2.57 bits per heavy atom. The molecule has 3 aliphatic heterocycles. The SMILES string of the molecule is CC(C)N1CCC(N2Cc3cc(Cl)ccc3-n3c(nnc3C3CCN(c4ccccn4)CC3)C2)C1. The number of nitrogens with zero attached hydrogens (tertiary/aromatic N) is 7. The van der Waals surface area contributed by atoms with Crippen molar-refractivity contribution >= 4 is 17.4 Å². The first-order chi connectivity index (χ1) is 17.1. The van der Waals surface area contributed by atoms with Gasteiger partial charge in [0.1, 0.15) is 11.6 Å². The van der Waals surface area contributed by atoms with Gasteiger partial charge in [0.25, 0.3) is 0 Å². The van der Waals surface area contributed by atoms with Crippen molar-refractivity contribution in [3.8, 4) is 5.69 Å². The molecule has 0 N–H and O–H groups in total. The molecule has 1 aromatic carbocycles. The van der Waals surface area contributed by atoms with Crippen LogP contribution in [0.3, 0.4) is 0 Å². The first-order valence-electron chi connectivity index (χ1n) is 12.9. The summed E-state index contributed by atoms with van der Waals surface area (Å²) in [6, 6.07) is 13.5. The van der Waals surface area contributed by atoms with Crippen LogP contribution in [0.15, 0.2) is 42.6 Å². The van der Waals surface area contributed by atoms with Crippen LogP contribution < -0.4 is 4.90 Å². The van der Waals surface area contributed by atoms with Crippen molar-refractivity contribution in [2.75, 3.05) is 31.1 Å². The average molecular weight is 492 g/mol. The number of likely N-dealkylation sites (tertiary alicyclic amines) is 1. The largest absolute Gasteiger partial charge is 0.357 e. The third-order valence-corrected chi connectivity index (χ3v) is 8.27. The van der Waals surface area contributed by atoms with Gasteiger partial charge >= 0.3 is 0 Å². The maximum absolute atomic E-state index is 6.49. The van der Waals surface area contributed by atoms with Gasteiger partial charge in [-0.3, -0.25) is 14.4 Å². The van der Waals surface area contributed by atoms with Crippen LogP contribution in [-0.4, -0.2) is 67.8 Å². The Balaban J connectivity index is 1.29. The molecule has 1 unspecified atom stereocenters. The molecular formula is C27H34ClN7. The molecule has 0 saturated carbocycles. The number of anilines is 1. The van der Waals surface area contributed by atoms with Crippen LogP contribution >= 0.6 is 11.6 Å². The zero-order valence-electron chi connectivity index (χ0n) is 20.6. The molecule has 8 heteroatoms. The van der Waals surface area contributed by atoms with Crippen LogP contribution in [0.25, 0.3) is 5.69 Å². The van der Waals surface area contributed by atoms with Gasteiger partial charge in [0.05, 0.1) is 12.2 Å². The van der Waals surface area contributed by atoms with E-state index in [1.165, 1.54) is 17.7 Å². The lowest BCUT2D eigenvalue weighted by molar-refractivity contribution is 0.166. The molecule has 0 bridgehead atoms. The summed E-state index contributed by atoms with van der Waals surface area (Å²) in [7, 11) is 0. The lowest BCUT2D eigenvalue weighted by atomic mass is 9.95. The van der Waals surface area contributed by atoms with E-state index in [0.717, 1.165) is 74.6 Å². The quantitative estimate of drug-likeness (QED) is 0.535.